The average molecular weight is 390 g/mol. The van der Waals surface area contributed by atoms with Crippen LogP contribution in [0.4, 0.5) is 5.69 Å². The standard InChI is InChI=1S/C22H22N4O3/c1-15-7-9-16(10-8-15)12-26-13-17(11-23-26)21(27)24-18-14-29-20-6-4-3-5-19(20)25(2)22(18)28/h3-11,13,18H,12,14H2,1-2H3,(H,24,27)/t18-/m0/s1. The lowest BCUT2D eigenvalue weighted by Crippen LogP contribution is -2.49. The molecule has 148 valence electrons. The van der Waals surface area contributed by atoms with E-state index in [1.807, 2.05) is 49.4 Å². The summed E-state index contributed by atoms with van der Waals surface area (Å²) in [5, 5.41) is 7.03. The first kappa shape index (κ1) is 18.7. The number of aromatic nitrogens is 2. The Balaban J connectivity index is 1.44. The quantitative estimate of drug-likeness (QED) is 0.742. The van der Waals surface area contributed by atoms with Crippen LogP contribution < -0.4 is 15.0 Å². The zero-order valence-corrected chi connectivity index (χ0v) is 16.3. The van der Waals surface area contributed by atoms with Gasteiger partial charge in [0.2, 0.25) is 0 Å². The number of likely N-dealkylation sites (N-methyl/N-ethyl adjacent to an activating group) is 1. The molecule has 0 radical (unpaired) electrons. The molecule has 2 aromatic carbocycles. The normalized spacial score (nSPS) is 16.0. The van der Waals surface area contributed by atoms with Gasteiger partial charge < -0.3 is 15.0 Å². The van der Waals surface area contributed by atoms with Gasteiger partial charge in [0.05, 0.1) is 24.0 Å². The van der Waals surface area contributed by atoms with E-state index in [1.165, 1.54) is 16.7 Å². The van der Waals surface area contributed by atoms with Gasteiger partial charge in [-0.15, -0.1) is 0 Å². The van der Waals surface area contributed by atoms with Gasteiger partial charge in [-0.25, -0.2) is 0 Å². The Morgan fingerprint density at radius 2 is 1.97 bits per heavy atom. The minimum atomic E-state index is -0.777. The maximum absolute atomic E-state index is 12.8. The van der Waals surface area contributed by atoms with Crippen LogP contribution in [-0.4, -0.2) is 41.3 Å². The highest BCUT2D eigenvalue weighted by atomic mass is 16.5. The highest BCUT2D eigenvalue weighted by Gasteiger charge is 2.30. The fourth-order valence-electron chi connectivity index (χ4n) is 3.25. The van der Waals surface area contributed by atoms with E-state index >= 15 is 0 Å². The van der Waals surface area contributed by atoms with Crippen molar-refractivity contribution in [3.05, 3.63) is 77.6 Å². The van der Waals surface area contributed by atoms with Crippen molar-refractivity contribution in [2.75, 3.05) is 18.6 Å². The molecule has 4 rings (SSSR count). The third kappa shape index (κ3) is 3.99. The molecule has 29 heavy (non-hydrogen) atoms. The smallest absolute Gasteiger partial charge is 0.255 e. The maximum atomic E-state index is 12.8. The molecule has 1 aromatic heterocycles. The zero-order chi connectivity index (χ0) is 20.4. The lowest BCUT2D eigenvalue weighted by molar-refractivity contribution is -0.120. The molecule has 0 fully saturated rings. The third-order valence-electron chi connectivity index (χ3n) is 4.93. The summed E-state index contributed by atoms with van der Waals surface area (Å²) in [6.07, 6.45) is 3.18. The predicted octanol–water partition coefficient (Wildman–Crippen LogP) is 2.39. The Hall–Kier alpha value is -3.61. The van der Waals surface area contributed by atoms with Crippen molar-refractivity contribution in [2.24, 2.45) is 0 Å². The predicted molar refractivity (Wildman–Crippen MR) is 109 cm³/mol. The number of carbonyl (C=O) groups excluding carboxylic acids is 2. The van der Waals surface area contributed by atoms with Gasteiger partial charge in [-0.1, -0.05) is 42.0 Å². The van der Waals surface area contributed by atoms with Crippen LogP contribution in [0.25, 0.3) is 0 Å². The van der Waals surface area contributed by atoms with Gasteiger partial charge in [0.15, 0.2) is 0 Å². The Bertz CT molecular complexity index is 1040. The maximum Gasteiger partial charge on any atom is 0.255 e. The van der Waals surface area contributed by atoms with Crippen LogP contribution in [0.2, 0.25) is 0 Å². The van der Waals surface area contributed by atoms with Crippen LogP contribution in [-0.2, 0) is 11.3 Å². The molecular formula is C22H22N4O3. The number of carbonyl (C=O) groups is 2. The largest absolute Gasteiger partial charge is 0.489 e. The molecule has 1 aliphatic rings. The molecule has 2 heterocycles. The number of hydrogen-bond donors (Lipinski definition) is 1. The van der Waals surface area contributed by atoms with Crippen molar-refractivity contribution in [3.8, 4) is 5.75 Å². The monoisotopic (exact) mass is 390 g/mol. The molecule has 0 saturated heterocycles. The SMILES string of the molecule is Cc1ccc(Cn2cc(C(=O)N[C@H]3COc4ccccc4N(C)C3=O)cn2)cc1. The van der Waals surface area contributed by atoms with Gasteiger partial charge in [-0.05, 0) is 24.6 Å². The number of nitrogens with zero attached hydrogens (tertiary/aromatic N) is 3. The summed E-state index contributed by atoms with van der Waals surface area (Å²) in [7, 11) is 1.68. The van der Waals surface area contributed by atoms with E-state index in [4.69, 9.17) is 4.74 Å². The van der Waals surface area contributed by atoms with Crippen LogP contribution in [0.1, 0.15) is 21.5 Å². The number of amides is 2. The molecule has 0 aliphatic carbocycles. The fourth-order valence-corrected chi connectivity index (χ4v) is 3.25. The molecule has 1 aliphatic heterocycles. The van der Waals surface area contributed by atoms with E-state index in [1.54, 1.807) is 24.0 Å². The number of nitrogens with one attached hydrogen (secondary N) is 1. The van der Waals surface area contributed by atoms with E-state index in [2.05, 4.69) is 10.4 Å². The lowest BCUT2D eigenvalue weighted by Gasteiger charge is -2.20. The highest BCUT2D eigenvalue weighted by Crippen LogP contribution is 2.29. The number of para-hydroxylation sites is 2. The van der Waals surface area contributed by atoms with E-state index in [0.29, 0.717) is 23.5 Å². The van der Waals surface area contributed by atoms with Gasteiger partial charge in [-0.2, -0.15) is 5.10 Å². The second-order valence-electron chi connectivity index (χ2n) is 7.11. The Labute approximate surface area is 168 Å². The van der Waals surface area contributed by atoms with Crippen molar-refractivity contribution in [1.29, 1.82) is 0 Å². The highest BCUT2D eigenvalue weighted by molar-refractivity contribution is 6.03. The van der Waals surface area contributed by atoms with Crippen LogP contribution in [0.5, 0.6) is 5.75 Å². The van der Waals surface area contributed by atoms with Gasteiger partial charge in [-0.3, -0.25) is 14.3 Å². The molecule has 0 saturated carbocycles. The first-order valence-corrected chi connectivity index (χ1v) is 9.39. The van der Waals surface area contributed by atoms with E-state index < -0.39 is 6.04 Å². The van der Waals surface area contributed by atoms with Crippen molar-refractivity contribution in [1.82, 2.24) is 15.1 Å². The number of fused-ring (bicyclic) bond motifs is 1. The minimum absolute atomic E-state index is 0.0728. The van der Waals surface area contributed by atoms with Crippen molar-refractivity contribution >= 4 is 17.5 Å². The van der Waals surface area contributed by atoms with E-state index in [-0.39, 0.29) is 18.4 Å². The number of rotatable bonds is 4. The molecule has 2 amide bonds. The first-order valence-electron chi connectivity index (χ1n) is 9.39. The van der Waals surface area contributed by atoms with Gasteiger partial charge in [0.25, 0.3) is 11.8 Å². The number of ether oxygens (including phenoxy) is 1. The van der Waals surface area contributed by atoms with Crippen LogP contribution in [0.3, 0.4) is 0 Å². The van der Waals surface area contributed by atoms with Gasteiger partial charge in [0.1, 0.15) is 18.4 Å². The number of benzene rings is 2. The second-order valence-corrected chi connectivity index (χ2v) is 7.11. The van der Waals surface area contributed by atoms with Gasteiger partial charge in [0, 0.05) is 13.2 Å². The number of anilines is 1. The minimum Gasteiger partial charge on any atom is -0.489 e. The zero-order valence-electron chi connectivity index (χ0n) is 16.3. The summed E-state index contributed by atoms with van der Waals surface area (Å²) in [6.45, 7) is 2.68. The molecule has 7 nitrogen and oxygen atoms in total. The molecule has 1 N–H and O–H groups in total. The molecular weight excluding hydrogens is 368 g/mol. The summed E-state index contributed by atoms with van der Waals surface area (Å²) in [5.41, 5.74) is 3.36. The lowest BCUT2D eigenvalue weighted by atomic mass is 10.1. The molecule has 0 unspecified atom stereocenters. The molecule has 0 bridgehead atoms. The summed E-state index contributed by atoms with van der Waals surface area (Å²) >= 11 is 0. The third-order valence-corrected chi connectivity index (χ3v) is 4.93. The average Bonchev–Trinajstić information content (AvgIpc) is 3.16. The summed E-state index contributed by atoms with van der Waals surface area (Å²) in [5.74, 6) is 0.0304. The first-order chi connectivity index (χ1) is 14.0. The molecule has 1 atom stereocenters. The van der Waals surface area contributed by atoms with Crippen LogP contribution in [0.15, 0.2) is 60.9 Å². The van der Waals surface area contributed by atoms with Crippen LogP contribution in [0, 0.1) is 6.92 Å². The second kappa shape index (κ2) is 7.79. The number of hydrogen-bond acceptors (Lipinski definition) is 4. The van der Waals surface area contributed by atoms with E-state index in [0.717, 1.165) is 5.56 Å². The molecule has 7 heteroatoms. The summed E-state index contributed by atoms with van der Waals surface area (Å²) in [4.78, 5) is 26.9. The van der Waals surface area contributed by atoms with Crippen molar-refractivity contribution in [2.45, 2.75) is 19.5 Å². The Morgan fingerprint density at radius 1 is 1.21 bits per heavy atom. The van der Waals surface area contributed by atoms with Crippen molar-refractivity contribution in [3.63, 3.8) is 0 Å². The summed E-state index contributed by atoms with van der Waals surface area (Å²) < 4.78 is 7.44. The fraction of sp³-hybridized carbons (Fsp3) is 0.227. The topological polar surface area (TPSA) is 76.5 Å². The van der Waals surface area contributed by atoms with Crippen molar-refractivity contribution < 1.29 is 14.3 Å². The molecule has 3 aromatic rings. The Kier molecular flexibility index (Phi) is 5.03. The van der Waals surface area contributed by atoms with Crippen LogP contribution >= 0.6 is 0 Å². The summed E-state index contributed by atoms with van der Waals surface area (Å²) in [6, 6.07) is 14.7. The van der Waals surface area contributed by atoms with Gasteiger partial charge >= 0.3 is 0 Å². The Morgan fingerprint density at radius 3 is 2.76 bits per heavy atom. The van der Waals surface area contributed by atoms with E-state index in [9.17, 15) is 9.59 Å². The molecule has 0 spiro atoms. The number of aryl methyl sites for hydroxylation is 1.